The third-order valence-electron chi connectivity index (χ3n) is 4.75. The summed E-state index contributed by atoms with van der Waals surface area (Å²) >= 11 is 0. The molecule has 6 nitrogen and oxygen atoms in total. The van der Waals surface area contributed by atoms with Crippen LogP contribution in [0.25, 0.3) is 0 Å². The van der Waals surface area contributed by atoms with Crippen molar-refractivity contribution in [2.45, 2.75) is 5.92 Å². The Labute approximate surface area is 134 Å². The summed E-state index contributed by atoms with van der Waals surface area (Å²) in [6.45, 7) is 1.35. The number of fused-ring (bicyclic) bond motifs is 1. The normalized spacial score (nSPS) is 26.4. The number of likely N-dealkylation sites (N-methyl/N-ethyl adjacent to an activating group) is 1. The van der Waals surface area contributed by atoms with E-state index in [0.717, 1.165) is 11.1 Å². The summed E-state index contributed by atoms with van der Waals surface area (Å²) in [5.41, 5.74) is 6.47. The highest BCUT2D eigenvalue weighted by Crippen LogP contribution is 2.53. The lowest BCUT2D eigenvalue weighted by Crippen LogP contribution is -2.47. The molecule has 0 bridgehead atoms. The van der Waals surface area contributed by atoms with Gasteiger partial charge in [-0.15, -0.1) is 0 Å². The molecule has 2 N–H and O–H groups in total. The molecule has 6 heteroatoms. The van der Waals surface area contributed by atoms with Crippen molar-refractivity contribution in [2.24, 2.45) is 17.1 Å². The van der Waals surface area contributed by atoms with Crippen molar-refractivity contribution in [2.75, 3.05) is 20.1 Å². The Morgan fingerprint density at radius 2 is 2.09 bits per heavy atom. The highest BCUT2D eigenvalue weighted by molar-refractivity contribution is 5.59. The first-order valence-electron chi connectivity index (χ1n) is 7.23. The van der Waals surface area contributed by atoms with Crippen LogP contribution in [0.5, 0.6) is 0 Å². The second-order valence-electron chi connectivity index (χ2n) is 5.95. The molecule has 2 aliphatic rings. The third-order valence-corrected chi connectivity index (χ3v) is 4.75. The maximum Gasteiger partial charge on any atom is 0.191 e. The van der Waals surface area contributed by atoms with Crippen molar-refractivity contribution in [1.82, 2.24) is 4.90 Å². The molecule has 1 aliphatic heterocycles. The van der Waals surface area contributed by atoms with Crippen molar-refractivity contribution in [3.05, 3.63) is 47.1 Å². The van der Waals surface area contributed by atoms with E-state index in [1.54, 1.807) is 12.3 Å². The van der Waals surface area contributed by atoms with Crippen molar-refractivity contribution >= 4 is 0 Å². The van der Waals surface area contributed by atoms with Gasteiger partial charge in [0.2, 0.25) is 0 Å². The SMILES string of the molecule is CN1CC=C2C(C#N)=C(N)C(C#N)(C#N)[C@H](c3ccoc3)[C@@H]2C1. The van der Waals surface area contributed by atoms with Crippen LogP contribution >= 0.6 is 0 Å². The smallest absolute Gasteiger partial charge is 0.191 e. The summed E-state index contributed by atoms with van der Waals surface area (Å²) in [5, 5.41) is 29.1. The minimum absolute atomic E-state index is 0.0447. The van der Waals surface area contributed by atoms with Crippen LogP contribution in [0.15, 0.2) is 45.9 Å². The van der Waals surface area contributed by atoms with E-state index in [4.69, 9.17) is 10.2 Å². The average Bonchev–Trinajstić information content (AvgIpc) is 3.08. The molecule has 0 fully saturated rings. The third kappa shape index (κ3) is 1.95. The van der Waals surface area contributed by atoms with Gasteiger partial charge in [0.05, 0.1) is 35.9 Å². The van der Waals surface area contributed by atoms with Gasteiger partial charge in [-0.2, -0.15) is 15.8 Å². The van der Waals surface area contributed by atoms with Crippen LogP contribution in [-0.4, -0.2) is 25.0 Å². The molecular weight excluding hydrogens is 290 g/mol. The van der Waals surface area contributed by atoms with Gasteiger partial charge in [-0.05, 0) is 24.3 Å². The van der Waals surface area contributed by atoms with E-state index in [9.17, 15) is 15.8 Å². The minimum Gasteiger partial charge on any atom is -0.472 e. The largest absolute Gasteiger partial charge is 0.472 e. The topological polar surface area (TPSA) is 114 Å². The van der Waals surface area contributed by atoms with Crippen LogP contribution in [0, 0.1) is 45.3 Å². The Morgan fingerprint density at radius 1 is 1.35 bits per heavy atom. The van der Waals surface area contributed by atoms with E-state index in [0.29, 0.717) is 13.1 Å². The van der Waals surface area contributed by atoms with Gasteiger partial charge in [-0.25, -0.2) is 0 Å². The van der Waals surface area contributed by atoms with E-state index in [2.05, 4.69) is 23.1 Å². The summed E-state index contributed by atoms with van der Waals surface area (Å²) in [4.78, 5) is 2.09. The number of nitriles is 3. The zero-order valence-electron chi connectivity index (χ0n) is 12.7. The molecule has 23 heavy (non-hydrogen) atoms. The molecule has 1 aromatic rings. The molecular formula is C17H15N5O. The van der Waals surface area contributed by atoms with E-state index in [-0.39, 0.29) is 17.2 Å². The molecule has 114 valence electrons. The van der Waals surface area contributed by atoms with Crippen molar-refractivity contribution in [1.29, 1.82) is 15.8 Å². The van der Waals surface area contributed by atoms with Gasteiger partial charge in [0.1, 0.15) is 6.07 Å². The van der Waals surface area contributed by atoms with Gasteiger partial charge in [0.15, 0.2) is 5.41 Å². The second-order valence-corrected chi connectivity index (χ2v) is 5.95. The number of allylic oxidation sites excluding steroid dienone is 2. The molecule has 3 rings (SSSR count). The molecule has 0 aromatic carbocycles. The zero-order valence-corrected chi connectivity index (χ0v) is 12.7. The summed E-state index contributed by atoms with van der Waals surface area (Å²) in [5.74, 6) is -0.630. The zero-order chi connectivity index (χ0) is 16.6. The lowest BCUT2D eigenvalue weighted by atomic mass is 9.58. The fraction of sp³-hybridized carbons (Fsp3) is 0.353. The van der Waals surface area contributed by atoms with Crippen LogP contribution in [0.3, 0.4) is 0 Å². The average molecular weight is 305 g/mol. The lowest BCUT2D eigenvalue weighted by Gasteiger charge is -2.44. The number of hydrogen-bond donors (Lipinski definition) is 1. The van der Waals surface area contributed by atoms with Crippen LogP contribution in [0.1, 0.15) is 11.5 Å². The number of nitrogens with zero attached hydrogens (tertiary/aromatic N) is 4. The molecule has 2 atom stereocenters. The van der Waals surface area contributed by atoms with Gasteiger partial charge in [-0.3, -0.25) is 0 Å². The molecule has 1 aliphatic carbocycles. The second kappa shape index (κ2) is 5.32. The Balaban J connectivity index is 2.33. The van der Waals surface area contributed by atoms with E-state index >= 15 is 0 Å². The fourth-order valence-corrected chi connectivity index (χ4v) is 3.65. The highest BCUT2D eigenvalue weighted by Gasteiger charge is 2.54. The Hall–Kier alpha value is -3.01. The summed E-state index contributed by atoms with van der Waals surface area (Å²) in [7, 11) is 1.97. The van der Waals surface area contributed by atoms with Crippen molar-refractivity contribution in [3.63, 3.8) is 0 Å². The van der Waals surface area contributed by atoms with Gasteiger partial charge >= 0.3 is 0 Å². The Morgan fingerprint density at radius 3 is 2.65 bits per heavy atom. The first-order chi connectivity index (χ1) is 11.1. The quantitative estimate of drug-likeness (QED) is 0.843. The van der Waals surface area contributed by atoms with Crippen molar-refractivity contribution < 1.29 is 4.42 Å². The molecule has 0 saturated heterocycles. The standard InChI is InChI=1S/C17H15N5O/c1-22-4-2-12-13(6-18)16(21)17(9-19,10-20)15(14(12)7-22)11-3-5-23-8-11/h2-3,5,8,14-15H,4,7,21H2,1H3/t14-,15-/m1/s1. The minimum atomic E-state index is -1.57. The maximum atomic E-state index is 9.79. The van der Waals surface area contributed by atoms with Gasteiger partial charge in [-0.1, -0.05) is 6.08 Å². The fourth-order valence-electron chi connectivity index (χ4n) is 3.65. The molecule has 0 unspecified atom stereocenters. The number of nitrogens with two attached hydrogens (primary N) is 1. The molecule has 0 spiro atoms. The summed E-state index contributed by atoms with van der Waals surface area (Å²) in [6, 6.07) is 8.02. The van der Waals surface area contributed by atoms with Crippen LogP contribution in [0.4, 0.5) is 0 Å². The Bertz CT molecular complexity index is 799. The van der Waals surface area contributed by atoms with E-state index in [1.165, 1.54) is 6.26 Å². The van der Waals surface area contributed by atoms with Gasteiger partial charge < -0.3 is 15.1 Å². The highest BCUT2D eigenvalue weighted by atomic mass is 16.3. The number of hydrogen-bond acceptors (Lipinski definition) is 6. The summed E-state index contributed by atoms with van der Waals surface area (Å²) < 4.78 is 5.17. The number of rotatable bonds is 1. The van der Waals surface area contributed by atoms with Gasteiger partial charge in [0, 0.05) is 24.9 Å². The first kappa shape index (κ1) is 14.9. The summed E-state index contributed by atoms with van der Waals surface area (Å²) in [6.07, 6.45) is 5.03. The van der Waals surface area contributed by atoms with Crippen LogP contribution in [-0.2, 0) is 0 Å². The molecule has 0 saturated carbocycles. The molecule has 1 aromatic heterocycles. The molecule has 2 heterocycles. The predicted octanol–water partition coefficient (Wildman–Crippen LogP) is 1.63. The molecule has 0 radical (unpaired) electrons. The maximum absolute atomic E-state index is 9.79. The van der Waals surface area contributed by atoms with E-state index in [1.807, 2.05) is 13.1 Å². The molecule has 0 amide bonds. The van der Waals surface area contributed by atoms with Crippen LogP contribution in [0.2, 0.25) is 0 Å². The number of furan rings is 1. The monoisotopic (exact) mass is 305 g/mol. The predicted molar refractivity (Wildman–Crippen MR) is 81.0 cm³/mol. The lowest BCUT2D eigenvalue weighted by molar-refractivity contribution is 0.237. The van der Waals surface area contributed by atoms with Gasteiger partial charge in [0.25, 0.3) is 0 Å². The Kier molecular flexibility index (Phi) is 3.45. The van der Waals surface area contributed by atoms with Crippen molar-refractivity contribution in [3.8, 4) is 18.2 Å². The first-order valence-corrected chi connectivity index (χ1v) is 7.23. The van der Waals surface area contributed by atoms with Crippen LogP contribution < -0.4 is 5.73 Å². The van der Waals surface area contributed by atoms with E-state index < -0.39 is 11.3 Å².